The highest BCUT2D eigenvalue weighted by Gasteiger charge is 2.24. The monoisotopic (exact) mass is 259 g/mol. The van der Waals surface area contributed by atoms with Crippen molar-refractivity contribution in [1.82, 2.24) is 10.3 Å². The largest absolute Gasteiger partial charge is 0.477 e. The summed E-state index contributed by atoms with van der Waals surface area (Å²) in [5.74, 6) is -0.960. The number of allylic oxidation sites excluding steroid dienone is 1. The summed E-state index contributed by atoms with van der Waals surface area (Å²) in [5.41, 5.74) is 3.54. The molecular formula is C14H17N3O2. The predicted molar refractivity (Wildman–Crippen MR) is 73.4 cm³/mol. The lowest BCUT2D eigenvalue weighted by molar-refractivity contribution is -0.133. The average molecular weight is 259 g/mol. The van der Waals surface area contributed by atoms with Crippen molar-refractivity contribution in [2.45, 2.75) is 19.3 Å². The Kier molecular flexibility index (Phi) is 3.94. The third kappa shape index (κ3) is 2.50. The molecule has 100 valence electrons. The zero-order valence-corrected chi connectivity index (χ0v) is 11.1. The van der Waals surface area contributed by atoms with Crippen LogP contribution in [0.5, 0.6) is 0 Å². The Balaban J connectivity index is 2.63. The lowest BCUT2D eigenvalue weighted by atomic mass is 10.0. The summed E-state index contributed by atoms with van der Waals surface area (Å²) in [6.07, 6.45) is 4.19. The van der Waals surface area contributed by atoms with Crippen LogP contribution < -0.4 is 5.32 Å². The quantitative estimate of drug-likeness (QED) is 0.622. The first kappa shape index (κ1) is 13.3. The van der Waals surface area contributed by atoms with Crippen LogP contribution in [0.2, 0.25) is 0 Å². The minimum absolute atomic E-state index is 0.208. The number of aromatic nitrogens is 1. The fourth-order valence-corrected chi connectivity index (χ4v) is 2.44. The molecule has 0 bridgehead atoms. The van der Waals surface area contributed by atoms with Crippen molar-refractivity contribution < 1.29 is 9.90 Å². The number of likely N-dealkylation sites (N-methyl/N-ethyl adjacent to an activating group) is 1. The van der Waals surface area contributed by atoms with Crippen molar-refractivity contribution in [3.63, 3.8) is 0 Å². The molecule has 5 heteroatoms. The molecule has 2 rings (SSSR count). The third-order valence-electron chi connectivity index (χ3n) is 3.26. The summed E-state index contributed by atoms with van der Waals surface area (Å²) in [6.45, 7) is 0. The molecule has 2 N–H and O–H groups in total. The Hall–Kier alpha value is -2.17. The number of carboxylic acid groups (broad SMARTS) is 1. The Morgan fingerprint density at radius 2 is 2.26 bits per heavy atom. The maximum absolute atomic E-state index is 11.3. The minimum Gasteiger partial charge on any atom is -0.477 e. The van der Waals surface area contributed by atoms with Crippen molar-refractivity contribution in [2.24, 2.45) is 4.99 Å². The molecule has 1 heterocycles. The van der Waals surface area contributed by atoms with Crippen LogP contribution in [0.15, 0.2) is 34.6 Å². The molecule has 1 aliphatic rings. The van der Waals surface area contributed by atoms with Gasteiger partial charge in [0.1, 0.15) is 5.70 Å². The van der Waals surface area contributed by atoms with Crippen LogP contribution in [0.1, 0.15) is 24.1 Å². The van der Waals surface area contributed by atoms with Gasteiger partial charge >= 0.3 is 5.97 Å². The first-order valence-electron chi connectivity index (χ1n) is 6.24. The first-order valence-corrected chi connectivity index (χ1v) is 6.24. The van der Waals surface area contributed by atoms with Gasteiger partial charge in [-0.25, -0.2) is 4.79 Å². The van der Waals surface area contributed by atoms with Gasteiger partial charge in [-0.1, -0.05) is 6.07 Å². The van der Waals surface area contributed by atoms with Crippen LogP contribution in [0.3, 0.4) is 0 Å². The molecule has 0 unspecified atom stereocenters. The van der Waals surface area contributed by atoms with Crippen LogP contribution in [0, 0.1) is 0 Å². The van der Waals surface area contributed by atoms with E-state index >= 15 is 0 Å². The standard InChI is InChI=1S/C14H17N3O2/c1-15-12-10(13(16-2)14(18)19)7-3-5-9-6-4-8-17-11(9)12/h4,6,8,16H,3,5,7H2,1-2H3,(H,18,19). The van der Waals surface area contributed by atoms with Crippen LogP contribution in [-0.2, 0) is 11.2 Å². The van der Waals surface area contributed by atoms with Gasteiger partial charge in [-0.3, -0.25) is 9.98 Å². The number of pyridine rings is 1. The molecule has 0 spiro atoms. The maximum Gasteiger partial charge on any atom is 0.352 e. The molecule has 1 aromatic rings. The SMILES string of the molecule is CN=C1C(=C(NC)C(=O)O)CCCc2cccnc21. The second kappa shape index (κ2) is 5.65. The predicted octanol–water partition coefficient (Wildman–Crippen LogP) is 1.39. The summed E-state index contributed by atoms with van der Waals surface area (Å²) in [7, 11) is 3.29. The lowest BCUT2D eigenvalue weighted by Crippen LogP contribution is -2.22. The molecule has 1 aromatic heterocycles. The molecule has 0 amide bonds. The highest BCUT2D eigenvalue weighted by atomic mass is 16.4. The summed E-state index contributed by atoms with van der Waals surface area (Å²) in [6, 6.07) is 3.92. The molecule has 0 radical (unpaired) electrons. The number of aryl methyl sites for hydroxylation is 1. The van der Waals surface area contributed by atoms with Gasteiger partial charge in [-0.2, -0.15) is 0 Å². The van der Waals surface area contributed by atoms with Crippen molar-refractivity contribution in [3.8, 4) is 0 Å². The summed E-state index contributed by atoms with van der Waals surface area (Å²) in [5, 5.41) is 12.0. The second-order valence-corrected chi connectivity index (χ2v) is 4.35. The van der Waals surface area contributed by atoms with E-state index < -0.39 is 5.97 Å². The van der Waals surface area contributed by atoms with E-state index in [-0.39, 0.29) is 5.70 Å². The van der Waals surface area contributed by atoms with Gasteiger partial charge in [-0.15, -0.1) is 0 Å². The molecule has 0 aromatic carbocycles. The number of nitrogens with one attached hydrogen (secondary N) is 1. The number of rotatable bonds is 2. The minimum atomic E-state index is -0.960. The topological polar surface area (TPSA) is 74.6 Å². The Labute approximate surface area is 112 Å². The van der Waals surface area contributed by atoms with Gasteiger partial charge in [0.25, 0.3) is 0 Å². The van der Waals surface area contributed by atoms with E-state index in [1.807, 2.05) is 12.1 Å². The summed E-state index contributed by atoms with van der Waals surface area (Å²) in [4.78, 5) is 20.0. The van der Waals surface area contributed by atoms with Crippen molar-refractivity contribution in [1.29, 1.82) is 0 Å². The van der Waals surface area contributed by atoms with E-state index in [4.69, 9.17) is 0 Å². The number of aliphatic imine (C=N–C) groups is 1. The van der Waals surface area contributed by atoms with E-state index in [1.165, 1.54) is 0 Å². The van der Waals surface area contributed by atoms with E-state index in [1.54, 1.807) is 20.3 Å². The average Bonchev–Trinajstić information content (AvgIpc) is 2.58. The van der Waals surface area contributed by atoms with E-state index in [9.17, 15) is 9.90 Å². The molecular weight excluding hydrogens is 242 g/mol. The van der Waals surface area contributed by atoms with E-state index in [0.29, 0.717) is 12.1 Å². The molecule has 0 saturated heterocycles. The molecule has 1 aliphatic carbocycles. The molecule has 19 heavy (non-hydrogen) atoms. The van der Waals surface area contributed by atoms with Crippen molar-refractivity contribution in [3.05, 3.63) is 40.9 Å². The zero-order valence-electron chi connectivity index (χ0n) is 11.1. The van der Waals surface area contributed by atoms with Crippen LogP contribution in [-0.4, -0.2) is 35.9 Å². The second-order valence-electron chi connectivity index (χ2n) is 4.35. The smallest absolute Gasteiger partial charge is 0.352 e. The van der Waals surface area contributed by atoms with Crippen LogP contribution in [0.4, 0.5) is 0 Å². The Morgan fingerprint density at radius 3 is 2.89 bits per heavy atom. The fraction of sp³-hybridized carbons (Fsp3) is 0.357. The summed E-state index contributed by atoms with van der Waals surface area (Å²) >= 11 is 0. The Morgan fingerprint density at radius 1 is 1.47 bits per heavy atom. The number of hydrogen-bond donors (Lipinski definition) is 2. The first-order chi connectivity index (χ1) is 9.19. The molecule has 0 atom stereocenters. The lowest BCUT2D eigenvalue weighted by Gasteiger charge is -2.12. The maximum atomic E-state index is 11.3. The normalized spacial score (nSPS) is 19.6. The number of nitrogens with zero attached hydrogens (tertiary/aromatic N) is 2. The van der Waals surface area contributed by atoms with Crippen LogP contribution in [0.25, 0.3) is 0 Å². The van der Waals surface area contributed by atoms with Crippen molar-refractivity contribution in [2.75, 3.05) is 14.1 Å². The van der Waals surface area contributed by atoms with E-state index in [0.717, 1.165) is 29.7 Å². The number of aliphatic carboxylic acids is 1. The Bertz CT molecular complexity index is 562. The number of fused-ring (bicyclic) bond motifs is 1. The molecule has 0 fully saturated rings. The third-order valence-corrected chi connectivity index (χ3v) is 3.26. The summed E-state index contributed by atoms with van der Waals surface area (Å²) < 4.78 is 0. The molecule has 0 saturated carbocycles. The van der Waals surface area contributed by atoms with Gasteiger partial charge in [0.2, 0.25) is 0 Å². The van der Waals surface area contributed by atoms with Gasteiger partial charge in [0.05, 0.1) is 11.4 Å². The highest BCUT2D eigenvalue weighted by Crippen LogP contribution is 2.25. The number of carbonyl (C=O) groups is 1. The van der Waals surface area contributed by atoms with Gasteiger partial charge < -0.3 is 10.4 Å². The van der Waals surface area contributed by atoms with Gasteiger partial charge in [-0.05, 0) is 30.9 Å². The van der Waals surface area contributed by atoms with Crippen LogP contribution >= 0.6 is 0 Å². The van der Waals surface area contributed by atoms with E-state index in [2.05, 4.69) is 15.3 Å². The van der Waals surface area contributed by atoms with Gasteiger partial charge in [0.15, 0.2) is 0 Å². The van der Waals surface area contributed by atoms with Crippen molar-refractivity contribution >= 4 is 11.7 Å². The molecule has 5 nitrogen and oxygen atoms in total. The van der Waals surface area contributed by atoms with Gasteiger partial charge in [0, 0.05) is 25.9 Å². The zero-order chi connectivity index (χ0) is 13.8. The fourth-order valence-electron chi connectivity index (χ4n) is 2.44. The highest BCUT2D eigenvalue weighted by molar-refractivity contribution is 6.15. The number of carboxylic acids is 1. The molecule has 0 aliphatic heterocycles. The number of hydrogen-bond acceptors (Lipinski definition) is 4.